The molecule has 0 aromatic heterocycles. The zero-order valence-electron chi connectivity index (χ0n) is 50.2. The van der Waals surface area contributed by atoms with E-state index in [9.17, 15) is 95.5 Å². The summed E-state index contributed by atoms with van der Waals surface area (Å²) in [4.78, 5) is 67.5. The molecule has 5 fully saturated rings. The molecule has 34 nitrogen and oxygen atoms in total. The van der Waals surface area contributed by atoms with Crippen molar-refractivity contribution in [3.05, 3.63) is 102 Å². The Hall–Kier alpha value is -6.95. The Morgan fingerprint density at radius 1 is 0.500 bits per heavy atom. The first kappa shape index (κ1) is 72.9. The maximum absolute atomic E-state index is 14.4. The molecule has 34 heteroatoms. The second kappa shape index (κ2) is 32.7. The van der Waals surface area contributed by atoms with Crippen molar-refractivity contribution in [2.75, 3.05) is 46.8 Å². The number of hydrogen-bond donors (Lipinski definition) is 14. The maximum Gasteiger partial charge on any atom is 0.338 e. The molecule has 14 N–H and O–H groups in total. The molecular weight excluding hydrogens is 1260 g/mol. The van der Waals surface area contributed by atoms with Gasteiger partial charge >= 0.3 is 29.8 Å². The van der Waals surface area contributed by atoms with Crippen molar-refractivity contribution in [1.29, 1.82) is 0 Å². The number of phenols is 2. The highest BCUT2D eigenvalue weighted by molar-refractivity contribution is 5.90. The largest absolute Gasteiger partial charge is 0.508 e. The van der Waals surface area contributed by atoms with E-state index in [1.54, 1.807) is 6.07 Å². The molecule has 0 bridgehead atoms. The van der Waals surface area contributed by atoms with Gasteiger partial charge in [0.1, 0.15) is 129 Å². The smallest absolute Gasteiger partial charge is 0.338 e. The molecule has 518 valence electrons. The minimum Gasteiger partial charge on any atom is -0.508 e. The van der Waals surface area contributed by atoms with Crippen LogP contribution >= 0.6 is 0 Å². The van der Waals surface area contributed by atoms with Crippen molar-refractivity contribution in [2.45, 2.75) is 161 Å². The Labute approximate surface area is 533 Å². The second-order valence-electron chi connectivity index (χ2n) is 22.0. The number of rotatable bonds is 25. The second-order valence-corrected chi connectivity index (χ2v) is 22.0. The highest BCUT2D eigenvalue weighted by atomic mass is 16.8. The summed E-state index contributed by atoms with van der Waals surface area (Å²) in [5.74, 6) is -9.21. The summed E-state index contributed by atoms with van der Waals surface area (Å²) in [5.41, 5.74) is 0.408. The Kier molecular flexibility index (Phi) is 25.3. The van der Waals surface area contributed by atoms with E-state index >= 15 is 0 Å². The van der Waals surface area contributed by atoms with Gasteiger partial charge in [0.2, 0.25) is 5.79 Å². The average Bonchev–Trinajstić information content (AvgIpc) is 1.37. The molecule has 0 radical (unpaired) electrons. The lowest BCUT2D eigenvalue weighted by atomic mass is 9.95. The first-order chi connectivity index (χ1) is 44.8. The number of methoxy groups -OCH3 is 1. The normalized spacial score (nSPS) is 36.0. The fraction of sp³-hybridized carbons (Fsp3) is 0.550. The fourth-order valence-electron chi connectivity index (χ4n) is 10.5. The van der Waals surface area contributed by atoms with Crippen LogP contribution in [-0.2, 0) is 85.5 Å². The van der Waals surface area contributed by atoms with Gasteiger partial charge in [-0.25, -0.2) is 14.4 Å². The lowest BCUT2D eigenvalue weighted by Crippen LogP contribution is -2.69. The van der Waals surface area contributed by atoms with Gasteiger partial charge in [-0.15, -0.1) is 0 Å². The molecule has 24 atom stereocenters. The van der Waals surface area contributed by atoms with Gasteiger partial charge in [-0.3, -0.25) is 9.59 Å². The van der Waals surface area contributed by atoms with Gasteiger partial charge < -0.3 is 143 Å². The number of carbonyl (C=O) groups is 5. The molecule has 0 amide bonds. The average molecular weight is 1340 g/mol. The summed E-state index contributed by atoms with van der Waals surface area (Å²) in [6, 6.07) is 16.4. The minimum atomic E-state index is -3.01. The van der Waals surface area contributed by atoms with Gasteiger partial charge in [0.05, 0.1) is 32.5 Å². The first-order valence-corrected chi connectivity index (χ1v) is 29.1. The highest BCUT2D eigenvalue weighted by Crippen LogP contribution is 2.43. The SMILES string of the molecule is COc1cc(/C=C/C(=O)O[C@H]2[C@H](O[C@@H]3O[C@H](COC(C)=O)[C@@H](O)[C@H](O[C@@H]4O[C@H](CO)[C@@H](O)[C@H](O)[C@H]4O)[C@H]3O)[C@@H](O[C@@H]3O[C@H](CO)[C@@H](O)[C@H](O)[C@H]3O)[C@@H](O[C@]3(COC(=O)/C=C/c4ccc(O)cc4)O[C@H](CO)[C@@H](O)[C@@H]3OC(=O)c3ccccc3)O[C@@H]2COC(C)=O)ccc1O. The monoisotopic (exact) mass is 1340 g/mol. The van der Waals surface area contributed by atoms with Crippen molar-refractivity contribution >= 4 is 42.0 Å². The lowest BCUT2D eigenvalue weighted by molar-refractivity contribution is -0.423. The van der Waals surface area contributed by atoms with Crippen molar-refractivity contribution < 1.29 is 167 Å². The van der Waals surface area contributed by atoms with Crippen LogP contribution in [0.5, 0.6) is 17.2 Å². The molecule has 5 heterocycles. The molecule has 0 aliphatic carbocycles. The lowest BCUT2D eigenvalue weighted by Gasteiger charge is -2.51. The molecule has 3 aromatic carbocycles. The van der Waals surface area contributed by atoms with Crippen LogP contribution in [0.4, 0.5) is 0 Å². The van der Waals surface area contributed by atoms with Crippen LogP contribution < -0.4 is 4.74 Å². The van der Waals surface area contributed by atoms with E-state index in [0.717, 1.165) is 32.1 Å². The summed E-state index contributed by atoms with van der Waals surface area (Å²) in [6.07, 6.45) is -45.8. The van der Waals surface area contributed by atoms with Gasteiger partial charge in [-0.2, -0.15) is 0 Å². The first-order valence-electron chi connectivity index (χ1n) is 29.1. The number of aliphatic hydroxyl groups is 12. The van der Waals surface area contributed by atoms with Crippen LogP contribution in [0.3, 0.4) is 0 Å². The minimum absolute atomic E-state index is 0.0402. The van der Waals surface area contributed by atoms with Crippen molar-refractivity contribution in [1.82, 2.24) is 0 Å². The Morgan fingerprint density at radius 3 is 1.61 bits per heavy atom. The molecule has 5 aliphatic rings. The Balaban J connectivity index is 1.31. The molecule has 8 rings (SSSR count). The van der Waals surface area contributed by atoms with Gasteiger partial charge in [0.15, 0.2) is 48.9 Å². The van der Waals surface area contributed by atoms with Crippen LogP contribution in [0, 0.1) is 0 Å². The number of hydrogen-bond acceptors (Lipinski definition) is 34. The van der Waals surface area contributed by atoms with Gasteiger partial charge in [-0.1, -0.05) is 36.4 Å². The van der Waals surface area contributed by atoms with E-state index in [-0.39, 0.29) is 28.4 Å². The van der Waals surface area contributed by atoms with Crippen LogP contribution in [0.25, 0.3) is 12.2 Å². The number of phenolic OH excluding ortho intramolecular Hbond substituents is 2. The topological polar surface area (TPSA) is 507 Å². The molecular formula is C60H74O34. The molecule has 94 heavy (non-hydrogen) atoms. The molecule has 5 saturated heterocycles. The Bertz CT molecular complexity index is 3060. The summed E-state index contributed by atoms with van der Waals surface area (Å²) in [7, 11) is 1.25. The highest BCUT2D eigenvalue weighted by Gasteiger charge is 2.64. The molecule has 3 aromatic rings. The summed E-state index contributed by atoms with van der Waals surface area (Å²) in [6.45, 7) is -4.50. The van der Waals surface area contributed by atoms with Crippen molar-refractivity contribution in [3.63, 3.8) is 0 Å². The number of carbonyl (C=O) groups excluding carboxylic acids is 5. The molecule has 0 spiro atoms. The molecule has 5 aliphatic heterocycles. The van der Waals surface area contributed by atoms with Crippen LogP contribution in [-0.4, -0.2) is 295 Å². The molecule has 0 unspecified atom stereocenters. The van der Waals surface area contributed by atoms with E-state index in [0.29, 0.717) is 5.56 Å². The zero-order valence-corrected chi connectivity index (χ0v) is 50.2. The number of aromatic hydroxyl groups is 2. The van der Waals surface area contributed by atoms with Crippen molar-refractivity contribution in [2.24, 2.45) is 0 Å². The van der Waals surface area contributed by atoms with Crippen molar-refractivity contribution in [3.8, 4) is 17.2 Å². The zero-order chi connectivity index (χ0) is 68.3. The van der Waals surface area contributed by atoms with E-state index < -0.39 is 216 Å². The van der Waals surface area contributed by atoms with Gasteiger partial charge in [0.25, 0.3) is 0 Å². The van der Waals surface area contributed by atoms with E-state index in [2.05, 4.69) is 0 Å². The Morgan fingerprint density at radius 2 is 1.02 bits per heavy atom. The van der Waals surface area contributed by atoms with Gasteiger partial charge in [0, 0.05) is 26.0 Å². The van der Waals surface area contributed by atoms with E-state index in [1.807, 2.05) is 0 Å². The third kappa shape index (κ3) is 17.4. The standard InChI is InChI=1S/C60H74O34/c1-26(64)81-23-37-43(72)51(89-56-47(76)45(74)41(70)34(20-61)84-56)49(78)58(86-37)90-52-50(88-40(69)18-13-29-11-16-32(67)33(19-29)80-3)38(24-82-27(2)65)87-59(53(52)91-57-48(77)46(75)42(71)35(21-62)85-57)94-60(25-83-39(68)17-12-28-9-14-31(66)15-10-28)54(44(73)36(22-63)93-60)92-55(79)30-7-5-4-6-8-30/h4-19,34-38,41-54,56-59,61-63,66-67,70-78H,20-25H2,1-3H3/b17-12+,18-13+/t34-,35-,36-,37-,38-,41-,42-,43-,44-,45+,46+,47-,48-,49-,50-,51+,52+,53-,54+,56+,57+,58+,59-,60+/m1/s1. The van der Waals surface area contributed by atoms with Crippen LogP contribution in [0.2, 0.25) is 0 Å². The summed E-state index contributed by atoms with van der Waals surface area (Å²) < 4.78 is 89.0. The maximum atomic E-state index is 14.4. The third-order valence-corrected chi connectivity index (χ3v) is 15.5. The summed E-state index contributed by atoms with van der Waals surface area (Å²) in [5, 5.41) is 154. The summed E-state index contributed by atoms with van der Waals surface area (Å²) >= 11 is 0. The van der Waals surface area contributed by atoms with Crippen LogP contribution in [0.15, 0.2) is 84.9 Å². The molecule has 0 saturated carbocycles. The number of benzene rings is 3. The number of aliphatic hydroxyl groups excluding tert-OH is 12. The van der Waals surface area contributed by atoms with E-state index in [4.69, 9.17) is 71.1 Å². The number of esters is 5. The quantitative estimate of drug-likeness (QED) is 0.0215. The third-order valence-electron chi connectivity index (χ3n) is 15.5. The van der Waals surface area contributed by atoms with Gasteiger partial charge in [-0.05, 0) is 59.7 Å². The fourth-order valence-corrected chi connectivity index (χ4v) is 10.5. The predicted octanol–water partition coefficient (Wildman–Crippen LogP) is -4.97. The number of ether oxygens (including phenoxy) is 15. The van der Waals surface area contributed by atoms with Crippen LogP contribution in [0.1, 0.15) is 35.3 Å². The predicted molar refractivity (Wildman–Crippen MR) is 304 cm³/mol. The van der Waals surface area contributed by atoms with E-state index in [1.165, 1.54) is 79.9 Å².